The standard InChI is InChI=1S/C26H24N4O3/c31-25(28-16-14-22-13-7-8-15-27-22)19-30(18-20-9-3-1-4-10-20)26(32)23-17-24(33-29-23)21-11-5-2-6-12-21/h1-13,15,17H,14,16,18-19H2,(H,28,31). The first-order valence-electron chi connectivity index (χ1n) is 10.7. The summed E-state index contributed by atoms with van der Waals surface area (Å²) < 4.78 is 5.39. The Kier molecular flexibility index (Phi) is 7.22. The van der Waals surface area contributed by atoms with Gasteiger partial charge < -0.3 is 14.7 Å². The monoisotopic (exact) mass is 440 g/mol. The first kappa shape index (κ1) is 22.0. The smallest absolute Gasteiger partial charge is 0.276 e. The number of nitrogens with one attached hydrogen (secondary N) is 1. The maximum Gasteiger partial charge on any atom is 0.276 e. The zero-order valence-electron chi connectivity index (χ0n) is 18.1. The molecule has 0 unspecified atom stereocenters. The molecule has 0 saturated carbocycles. The fourth-order valence-corrected chi connectivity index (χ4v) is 3.39. The van der Waals surface area contributed by atoms with Crippen LogP contribution in [-0.2, 0) is 17.8 Å². The van der Waals surface area contributed by atoms with Gasteiger partial charge in [0.15, 0.2) is 11.5 Å². The third-order valence-electron chi connectivity index (χ3n) is 5.05. The maximum atomic E-state index is 13.2. The molecule has 0 spiro atoms. The Morgan fingerprint density at radius 3 is 2.36 bits per heavy atom. The van der Waals surface area contributed by atoms with Gasteiger partial charge in [-0.25, -0.2) is 0 Å². The molecule has 4 aromatic rings. The van der Waals surface area contributed by atoms with E-state index in [9.17, 15) is 9.59 Å². The second-order valence-electron chi connectivity index (χ2n) is 7.51. The zero-order valence-corrected chi connectivity index (χ0v) is 18.1. The number of hydrogen-bond acceptors (Lipinski definition) is 5. The van der Waals surface area contributed by atoms with Gasteiger partial charge in [0.05, 0.1) is 0 Å². The lowest BCUT2D eigenvalue weighted by atomic mass is 10.1. The second kappa shape index (κ2) is 10.9. The number of carbonyl (C=O) groups is 2. The Balaban J connectivity index is 1.44. The van der Waals surface area contributed by atoms with E-state index in [0.29, 0.717) is 18.7 Å². The number of nitrogens with zero attached hydrogens (tertiary/aromatic N) is 3. The van der Waals surface area contributed by atoms with Crippen LogP contribution in [0.15, 0.2) is 95.6 Å². The summed E-state index contributed by atoms with van der Waals surface area (Å²) in [6.45, 7) is 0.621. The van der Waals surface area contributed by atoms with E-state index in [4.69, 9.17) is 4.52 Å². The Morgan fingerprint density at radius 2 is 1.64 bits per heavy atom. The van der Waals surface area contributed by atoms with Gasteiger partial charge in [-0.1, -0.05) is 71.9 Å². The van der Waals surface area contributed by atoms with Crippen LogP contribution >= 0.6 is 0 Å². The van der Waals surface area contributed by atoms with Crippen molar-refractivity contribution in [2.75, 3.05) is 13.1 Å². The molecule has 0 bridgehead atoms. The molecular formula is C26H24N4O3. The number of benzene rings is 2. The summed E-state index contributed by atoms with van der Waals surface area (Å²) in [5, 5.41) is 6.83. The van der Waals surface area contributed by atoms with Gasteiger partial charge in [-0.15, -0.1) is 0 Å². The third kappa shape index (κ3) is 6.13. The van der Waals surface area contributed by atoms with Crippen LogP contribution in [0.1, 0.15) is 21.7 Å². The molecule has 0 atom stereocenters. The van der Waals surface area contributed by atoms with Gasteiger partial charge in [0.1, 0.15) is 6.54 Å². The predicted molar refractivity (Wildman–Crippen MR) is 124 cm³/mol. The van der Waals surface area contributed by atoms with Crippen LogP contribution in [0.4, 0.5) is 0 Å². The van der Waals surface area contributed by atoms with E-state index >= 15 is 0 Å². The molecule has 0 radical (unpaired) electrons. The molecule has 2 heterocycles. The van der Waals surface area contributed by atoms with Crippen molar-refractivity contribution in [1.29, 1.82) is 0 Å². The van der Waals surface area contributed by atoms with Crippen molar-refractivity contribution in [2.24, 2.45) is 0 Å². The van der Waals surface area contributed by atoms with Crippen molar-refractivity contribution in [1.82, 2.24) is 20.4 Å². The number of amides is 2. The molecule has 7 heteroatoms. The quantitative estimate of drug-likeness (QED) is 0.428. The van der Waals surface area contributed by atoms with E-state index in [1.165, 1.54) is 4.90 Å². The molecule has 0 aliphatic carbocycles. The summed E-state index contributed by atoms with van der Waals surface area (Å²) in [5.74, 6) is -0.120. The van der Waals surface area contributed by atoms with Crippen LogP contribution < -0.4 is 5.32 Å². The molecule has 7 nitrogen and oxygen atoms in total. The molecule has 166 valence electrons. The van der Waals surface area contributed by atoms with Crippen molar-refractivity contribution >= 4 is 11.8 Å². The lowest BCUT2D eigenvalue weighted by Crippen LogP contribution is -2.41. The minimum atomic E-state index is -0.371. The molecule has 0 saturated heterocycles. The highest BCUT2D eigenvalue weighted by molar-refractivity contribution is 5.95. The topological polar surface area (TPSA) is 88.3 Å². The van der Waals surface area contributed by atoms with Gasteiger partial charge in [-0.3, -0.25) is 14.6 Å². The molecule has 0 aliphatic rings. The summed E-state index contributed by atoms with van der Waals surface area (Å²) in [6, 6.07) is 26.2. The first-order valence-corrected chi connectivity index (χ1v) is 10.7. The zero-order chi connectivity index (χ0) is 22.9. The minimum absolute atomic E-state index is 0.0938. The third-order valence-corrected chi connectivity index (χ3v) is 5.05. The van der Waals surface area contributed by atoms with Crippen LogP contribution in [0.3, 0.4) is 0 Å². The molecule has 4 rings (SSSR count). The maximum absolute atomic E-state index is 13.2. The fourth-order valence-electron chi connectivity index (χ4n) is 3.39. The van der Waals surface area contributed by atoms with Crippen LogP contribution in [0, 0.1) is 0 Å². The van der Waals surface area contributed by atoms with E-state index in [-0.39, 0.29) is 30.6 Å². The van der Waals surface area contributed by atoms with Gasteiger partial charge in [-0.05, 0) is 17.7 Å². The first-order chi connectivity index (χ1) is 16.2. The van der Waals surface area contributed by atoms with Gasteiger partial charge in [-0.2, -0.15) is 0 Å². The largest absolute Gasteiger partial charge is 0.355 e. The number of carbonyl (C=O) groups excluding carboxylic acids is 2. The Hall–Kier alpha value is -4.26. The Bertz CT molecular complexity index is 1180. The SMILES string of the molecule is O=C(CN(Cc1ccccc1)C(=O)c1cc(-c2ccccc2)on1)NCCc1ccccn1. The summed E-state index contributed by atoms with van der Waals surface area (Å²) in [6.07, 6.45) is 2.34. The highest BCUT2D eigenvalue weighted by Crippen LogP contribution is 2.21. The molecule has 0 aliphatic heterocycles. The number of rotatable bonds is 9. The number of pyridine rings is 1. The fraction of sp³-hybridized carbons (Fsp3) is 0.154. The number of aromatic nitrogens is 2. The summed E-state index contributed by atoms with van der Waals surface area (Å²) >= 11 is 0. The van der Waals surface area contributed by atoms with Crippen LogP contribution in [0.25, 0.3) is 11.3 Å². The highest BCUT2D eigenvalue weighted by atomic mass is 16.5. The molecule has 1 N–H and O–H groups in total. The molecule has 2 aromatic carbocycles. The second-order valence-corrected chi connectivity index (χ2v) is 7.51. The minimum Gasteiger partial charge on any atom is -0.355 e. The van der Waals surface area contributed by atoms with Crippen LogP contribution in [-0.4, -0.2) is 39.9 Å². The molecule has 33 heavy (non-hydrogen) atoms. The van der Waals surface area contributed by atoms with E-state index in [0.717, 1.165) is 16.8 Å². The van der Waals surface area contributed by atoms with Crippen molar-refractivity contribution < 1.29 is 14.1 Å². The average molecular weight is 441 g/mol. The molecule has 2 aromatic heterocycles. The molecule has 2 amide bonds. The van der Waals surface area contributed by atoms with E-state index in [1.807, 2.05) is 78.9 Å². The lowest BCUT2D eigenvalue weighted by Gasteiger charge is -2.21. The van der Waals surface area contributed by atoms with E-state index < -0.39 is 0 Å². The average Bonchev–Trinajstić information content (AvgIpc) is 3.35. The van der Waals surface area contributed by atoms with Gasteiger partial charge in [0.25, 0.3) is 5.91 Å². The van der Waals surface area contributed by atoms with Gasteiger partial charge in [0, 0.05) is 43.0 Å². The van der Waals surface area contributed by atoms with Crippen LogP contribution in [0.5, 0.6) is 0 Å². The van der Waals surface area contributed by atoms with Crippen LogP contribution in [0.2, 0.25) is 0 Å². The predicted octanol–water partition coefficient (Wildman–Crippen LogP) is 3.74. The Morgan fingerprint density at radius 1 is 0.909 bits per heavy atom. The van der Waals surface area contributed by atoms with Gasteiger partial charge >= 0.3 is 0 Å². The molecule has 0 fully saturated rings. The van der Waals surface area contributed by atoms with Crippen molar-refractivity contribution in [2.45, 2.75) is 13.0 Å². The normalized spacial score (nSPS) is 10.5. The molecular weight excluding hydrogens is 416 g/mol. The summed E-state index contributed by atoms with van der Waals surface area (Å²) in [7, 11) is 0. The van der Waals surface area contributed by atoms with E-state index in [2.05, 4.69) is 15.5 Å². The summed E-state index contributed by atoms with van der Waals surface area (Å²) in [4.78, 5) is 31.6. The highest BCUT2D eigenvalue weighted by Gasteiger charge is 2.23. The summed E-state index contributed by atoms with van der Waals surface area (Å²) in [5.41, 5.74) is 2.79. The number of hydrogen-bond donors (Lipinski definition) is 1. The van der Waals surface area contributed by atoms with E-state index in [1.54, 1.807) is 12.3 Å². The van der Waals surface area contributed by atoms with Crippen molar-refractivity contribution in [3.05, 3.63) is 108 Å². The lowest BCUT2D eigenvalue weighted by molar-refractivity contribution is -0.121. The van der Waals surface area contributed by atoms with Gasteiger partial charge in [0.2, 0.25) is 5.91 Å². The van der Waals surface area contributed by atoms with Crippen molar-refractivity contribution in [3.8, 4) is 11.3 Å². The Labute approximate surface area is 192 Å². The van der Waals surface area contributed by atoms with Crippen molar-refractivity contribution in [3.63, 3.8) is 0 Å².